The second-order valence-corrected chi connectivity index (χ2v) is 8.18. The molecule has 1 N–H and O–H groups in total. The molecule has 1 aliphatic rings. The Morgan fingerprint density at radius 2 is 1.57 bits per heavy atom. The molecular weight excluding hydrogens is 264 g/mol. The molecule has 0 spiro atoms. The highest BCUT2D eigenvalue weighted by Crippen LogP contribution is 2.36. The van der Waals surface area contributed by atoms with Crippen molar-refractivity contribution in [2.75, 3.05) is 0 Å². The van der Waals surface area contributed by atoms with Gasteiger partial charge in [0.05, 0.1) is 0 Å². The summed E-state index contributed by atoms with van der Waals surface area (Å²) in [5.41, 5.74) is -0.987. The number of hydrogen-bond donors (Lipinski definition) is 1. The van der Waals surface area contributed by atoms with Crippen LogP contribution >= 0.6 is 0 Å². The number of piperazine rings is 1. The summed E-state index contributed by atoms with van der Waals surface area (Å²) >= 11 is 0. The van der Waals surface area contributed by atoms with E-state index in [9.17, 15) is 9.59 Å². The molecule has 1 heterocycles. The highest BCUT2D eigenvalue weighted by Gasteiger charge is 2.52. The van der Waals surface area contributed by atoms with Crippen molar-refractivity contribution < 1.29 is 9.59 Å². The van der Waals surface area contributed by atoms with E-state index in [-0.39, 0.29) is 22.8 Å². The van der Waals surface area contributed by atoms with Crippen molar-refractivity contribution >= 4 is 11.8 Å². The van der Waals surface area contributed by atoms with Crippen LogP contribution < -0.4 is 5.32 Å². The first kappa shape index (κ1) is 18.0. The van der Waals surface area contributed by atoms with Gasteiger partial charge in [-0.05, 0) is 45.4 Å². The SMILES string of the molecule is CCC1(CC)NC(=O)C(C)N(C(C)(C)CC(C)(C)C)C1=O. The molecule has 4 nitrogen and oxygen atoms in total. The Labute approximate surface area is 129 Å². The van der Waals surface area contributed by atoms with Gasteiger partial charge >= 0.3 is 0 Å². The fourth-order valence-corrected chi connectivity index (χ4v) is 3.83. The number of hydrogen-bond acceptors (Lipinski definition) is 2. The van der Waals surface area contributed by atoms with Gasteiger partial charge in [-0.25, -0.2) is 0 Å². The highest BCUT2D eigenvalue weighted by atomic mass is 16.2. The number of amides is 2. The van der Waals surface area contributed by atoms with Crippen LogP contribution in [0.25, 0.3) is 0 Å². The van der Waals surface area contributed by atoms with Crippen molar-refractivity contribution in [3.63, 3.8) is 0 Å². The normalized spacial score (nSPS) is 23.2. The molecule has 2 amide bonds. The Morgan fingerprint density at radius 3 is 1.95 bits per heavy atom. The lowest BCUT2D eigenvalue weighted by atomic mass is 9.77. The molecule has 1 aliphatic heterocycles. The zero-order chi connectivity index (χ0) is 16.6. The molecule has 4 heteroatoms. The summed E-state index contributed by atoms with van der Waals surface area (Å²) in [4.78, 5) is 27.3. The van der Waals surface area contributed by atoms with Gasteiger partial charge in [0.1, 0.15) is 11.6 Å². The molecule has 0 radical (unpaired) electrons. The molecule has 21 heavy (non-hydrogen) atoms. The van der Waals surface area contributed by atoms with E-state index < -0.39 is 11.6 Å². The third kappa shape index (κ3) is 3.41. The predicted octanol–water partition coefficient (Wildman–Crippen LogP) is 3.11. The molecule has 0 aliphatic carbocycles. The van der Waals surface area contributed by atoms with Gasteiger partial charge < -0.3 is 10.2 Å². The first-order valence-electron chi connectivity index (χ1n) is 8.06. The second kappa shape index (κ2) is 5.62. The standard InChI is InChI=1S/C17H32N2O2/c1-9-17(10-2)14(21)19(12(3)13(20)18-17)16(7,8)11-15(4,5)6/h12H,9-11H2,1-8H3,(H,18,20). The average Bonchev–Trinajstić information content (AvgIpc) is 2.31. The summed E-state index contributed by atoms with van der Waals surface area (Å²) in [6.45, 7) is 16.4. The molecular formula is C17H32N2O2. The van der Waals surface area contributed by atoms with Crippen molar-refractivity contribution in [3.8, 4) is 0 Å². The fourth-order valence-electron chi connectivity index (χ4n) is 3.83. The Bertz CT molecular complexity index is 417. The summed E-state index contributed by atoms with van der Waals surface area (Å²) in [5.74, 6) is 0.0223. The van der Waals surface area contributed by atoms with Gasteiger partial charge in [0.15, 0.2) is 0 Å². The molecule has 0 aromatic carbocycles. The van der Waals surface area contributed by atoms with Crippen LogP contribution in [0.1, 0.15) is 74.7 Å². The minimum absolute atomic E-state index is 0.0414. The van der Waals surface area contributed by atoms with Crippen LogP contribution in [0, 0.1) is 5.41 Å². The van der Waals surface area contributed by atoms with Crippen LogP contribution in [0.4, 0.5) is 0 Å². The molecule has 1 unspecified atom stereocenters. The smallest absolute Gasteiger partial charge is 0.249 e. The van der Waals surface area contributed by atoms with Crippen molar-refractivity contribution in [1.82, 2.24) is 10.2 Å². The fraction of sp³-hybridized carbons (Fsp3) is 0.882. The topological polar surface area (TPSA) is 49.4 Å². The molecule has 0 saturated carbocycles. The predicted molar refractivity (Wildman–Crippen MR) is 85.9 cm³/mol. The van der Waals surface area contributed by atoms with Gasteiger partial charge in [-0.1, -0.05) is 34.6 Å². The van der Waals surface area contributed by atoms with Crippen LogP contribution in [-0.4, -0.2) is 33.8 Å². The van der Waals surface area contributed by atoms with Gasteiger partial charge in [-0.15, -0.1) is 0 Å². The van der Waals surface area contributed by atoms with Crippen molar-refractivity contribution in [1.29, 1.82) is 0 Å². The lowest BCUT2D eigenvalue weighted by Crippen LogP contribution is -2.73. The maximum absolute atomic E-state index is 13.1. The summed E-state index contributed by atoms with van der Waals surface area (Å²) < 4.78 is 0. The van der Waals surface area contributed by atoms with Gasteiger partial charge in [0, 0.05) is 5.54 Å². The Morgan fingerprint density at radius 1 is 1.10 bits per heavy atom. The molecule has 1 fully saturated rings. The minimum Gasteiger partial charge on any atom is -0.340 e. The van der Waals surface area contributed by atoms with E-state index in [2.05, 4.69) is 39.9 Å². The monoisotopic (exact) mass is 296 g/mol. The third-order valence-electron chi connectivity index (χ3n) is 4.58. The number of rotatable bonds is 4. The molecule has 0 aromatic heterocycles. The highest BCUT2D eigenvalue weighted by molar-refractivity contribution is 6.00. The first-order valence-corrected chi connectivity index (χ1v) is 8.06. The van der Waals surface area contributed by atoms with Crippen LogP contribution in [0.3, 0.4) is 0 Å². The lowest BCUT2D eigenvalue weighted by Gasteiger charge is -2.52. The summed E-state index contributed by atoms with van der Waals surface area (Å²) in [6.07, 6.45) is 2.11. The number of nitrogens with one attached hydrogen (secondary N) is 1. The zero-order valence-electron chi connectivity index (χ0n) is 15.0. The molecule has 122 valence electrons. The van der Waals surface area contributed by atoms with Gasteiger partial charge in [-0.3, -0.25) is 9.59 Å². The Kier molecular flexibility index (Phi) is 4.81. The number of carbonyl (C=O) groups is 2. The third-order valence-corrected chi connectivity index (χ3v) is 4.58. The number of carbonyl (C=O) groups excluding carboxylic acids is 2. The summed E-state index contributed by atoms with van der Waals surface area (Å²) in [6, 6.07) is -0.416. The summed E-state index contributed by atoms with van der Waals surface area (Å²) in [7, 11) is 0. The molecule has 1 rings (SSSR count). The Balaban J connectivity index is 3.24. The largest absolute Gasteiger partial charge is 0.340 e. The van der Waals surface area contributed by atoms with Crippen molar-refractivity contribution in [2.45, 2.75) is 91.8 Å². The van der Waals surface area contributed by atoms with E-state index in [1.165, 1.54) is 0 Å². The maximum atomic E-state index is 13.1. The average molecular weight is 296 g/mol. The van der Waals surface area contributed by atoms with E-state index in [4.69, 9.17) is 0 Å². The minimum atomic E-state index is -0.737. The van der Waals surface area contributed by atoms with Crippen LogP contribution in [0.15, 0.2) is 0 Å². The Hall–Kier alpha value is -1.06. The van der Waals surface area contributed by atoms with E-state index in [0.717, 1.165) is 6.42 Å². The van der Waals surface area contributed by atoms with Gasteiger partial charge in [0.25, 0.3) is 0 Å². The van der Waals surface area contributed by atoms with Gasteiger partial charge in [-0.2, -0.15) is 0 Å². The lowest BCUT2D eigenvalue weighted by molar-refractivity contribution is -0.162. The van der Waals surface area contributed by atoms with Crippen LogP contribution in [0.5, 0.6) is 0 Å². The first-order chi connectivity index (χ1) is 9.40. The van der Waals surface area contributed by atoms with E-state index in [1.807, 2.05) is 25.7 Å². The zero-order valence-corrected chi connectivity index (χ0v) is 15.0. The van der Waals surface area contributed by atoms with Crippen molar-refractivity contribution in [3.05, 3.63) is 0 Å². The maximum Gasteiger partial charge on any atom is 0.249 e. The second-order valence-electron chi connectivity index (χ2n) is 8.18. The van der Waals surface area contributed by atoms with Crippen LogP contribution in [-0.2, 0) is 9.59 Å². The van der Waals surface area contributed by atoms with E-state index in [1.54, 1.807) is 0 Å². The molecule has 1 atom stereocenters. The number of nitrogens with zero attached hydrogens (tertiary/aromatic N) is 1. The molecule has 0 aromatic rings. The van der Waals surface area contributed by atoms with Crippen molar-refractivity contribution in [2.24, 2.45) is 5.41 Å². The van der Waals surface area contributed by atoms with E-state index in [0.29, 0.717) is 12.8 Å². The van der Waals surface area contributed by atoms with Crippen LogP contribution in [0.2, 0.25) is 0 Å². The molecule has 1 saturated heterocycles. The summed E-state index contributed by atoms with van der Waals surface area (Å²) in [5, 5.41) is 2.96. The van der Waals surface area contributed by atoms with E-state index >= 15 is 0 Å². The van der Waals surface area contributed by atoms with Gasteiger partial charge in [0.2, 0.25) is 11.8 Å². The molecule has 0 bridgehead atoms. The quantitative estimate of drug-likeness (QED) is 0.866.